The summed E-state index contributed by atoms with van der Waals surface area (Å²) in [6.45, 7) is 7.31. The highest BCUT2D eigenvalue weighted by molar-refractivity contribution is 6.09. The second kappa shape index (κ2) is 8.96. The van der Waals surface area contributed by atoms with Crippen LogP contribution in [0, 0.1) is 17.7 Å². The number of rotatable bonds is 5. The van der Waals surface area contributed by atoms with Gasteiger partial charge in [0, 0.05) is 22.7 Å². The highest BCUT2D eigenvalue weighted by Gasteiger charge is 2.17. The summed E-state index contributed by atoms with van der Waals surface area (Å²) in [5.41, 5.74) is 2.32. The molecule has 32 heavy (non-hydrogen) atoms. The Bertz CT molecular complexity index is 1220. The molecule has 0 radical (unpaired) electrons. The first-order valence-corrected chi connectivity index (χ1v) is 9.79. The van der Waals surface area contributed by atoms with Crippen molar-refractivity contribution < 1.29 is 14.6 Å². The number of benzene rings is 1. The van der Waals surface area contributed by atoms with Crippen LogP contribution in [0.25, 0.3) is 11.0 Å². The molecule has 0 aliphatic rings. The number of aliphatic hydroxyl groups is 1. The number of fused-ring (bicyclic) bond motifs is 1. The number of amides is 1. The molecule has 0 unspecified atom stereocenters. The average Bonchev–Trinajstić information content (AvgIpc) is 2.74. The Labute approximate surface area is 185 Å². The van der Waals surface area contributed by atoms with Crippen LogP contribution in [-0.4, -0.2) is 43.9 Å². The molecule has 1 amide bonds. The Morgan fingerprint density at radius 2 is 1.97 bits per heavy atom. The molecule has 2 aromatic heterocycles. The van der Waals surface area contributed by atoms with E-state index in [4.69, 9.17) is 10.1 Å². The van der Waals surface area contributed by atoms with Gasteiger partial charge in [-0.15, -0.1) is 0 Å². The summed E-state index contributed by atoms with van der Waals surface area (Å²) >= 11 is 0. The number of hydrogen-bond donors (Lipinski definition) is 4. The fourth-order valence-electron chi connectivity index (χ4n) is 2.64. The minimum atomic E-state index is -0.523. The van der Waals surface area contributed by atoms with Gasteiger partial charge in [0.2, 0.25) is 0 Å². The highest BCUT2D eigenvalue weighted by Crippen LogP contribution is 2.25. The van der Waals surface area contributed by atoms with Gasteiger partial charge in [0.05, 0.1) is 13.3 Å². The maximum absolute atomic E-state index is 12.6. The fourth-order valence-corrected chi connectivity index (χ4v) is 2.64. The summed E-state index contributed by atoms with van der Waals surface area (Å²) < 4.78 is 5.09. The van der Waals surface area contributed by atoms with E-state index in [1.807, 2.05) is 27.7 Å². The van der Waals surface area contributed by atoms with Gasteiger partial charge in [0.25, 0.3) is 5.91 Å². The van der Waals surface area contributed by atoms with Crippen molar-refractivity contribution in [2.24, 2.45) is 5.41 Å². The number of ether oxygens (including phenoxy) is 1. The van der Waals surface area contributed by atoms with Crippen LogP contribution in [0.2, 0.25) is 0 Å². The summed E-state index contributed by atoms with van der Waals surface area (Å²) in [6, 6.07) is 5.27. The molecule has 0 saturated carbocycles. The first-order valence-electron chi connectivity index (χ1n) is 9.79. The molecule has 4 N–H and O–H groups in total. The predicted molar refractivity (Wildman–Crippen MR) is 122 cm³/mol. The number of aromatic nitrogens is 4. The molecule has 2 heterocycles. The number of carbonyl (C=O) groups is 1. The first-order chi connectivity index (χ1) is 15.1. The lowest BCUT2D eigenvalue weighted by atomic mass is 9.93. The van der Waals surface area contributed by atoms with E-state index in [-0.39, 0.29) is 17.6 Å². The normalized spacial score (nSPS) is 11.8. The second-order valence-electron chi connectivity index (χ2n) is 8.11. The third kappa shape index (κ3) is 5.15. The maximum Gasteiger partial charge on any atom is 0.316 e. The second-order valence-corrected chi connectivity index (χ2v) is 8.11. The van der Waals surface area contributed by atoms with Crippen molar-refractivity contribution in [1.82, 2.24) is 25.3 Å². The minimum Gasteiger partial charge on any atom is -0.512 e. The minimum absolute atomic E-state index is 0.00196. The Morgan fingerprint density at radius 3 is 2.66 bits per heavy atom. The molecular weight excluding hydrogens is 410 g/mol. The molecular formula is C22H25N7O3. The van der Waals surface area contributed by atoms with Crippen LogP contribution >= 0.6 is 0 Å². The van der Waals surface area contributed by atoms with Crippen molar-refractivity contribution in [3.8, 4) is 6.01 Å². The van der Waals surface area contributed by atoms with Gasteiger partial charge >= 0.3 is 6.01 Å². The van der Waals surface area contributed by atoms with Crippen LogP contribution in [0.4, 0.5) is 11.5 Å². The number of anilines is 2. The quantitative estimate of drug-likeness (QED) is 0.270. The molecule has 3 aromatic rings. The number of allylic oxidation sites excluding steroid dienone is 1. The molecule has 3 rings (SSSR count). The predicted octanol–water partition coefficient (Wildman–Crippen LogP) is 3.68. The van der Waals surface area contributed by atoms with E-state index in [0.29, 0.717) is 28.1 Å². The molecule has 0 aliphatic heterocycles. The molecule has 0 saturated heterocycles. The number of hydrogen-bond acceptors (Lipinski definition) is 9. The van der Waals surface area contributed by atoms with Gasteiger partial charge in [-0.25, -0.2) is 15.0 Å². The molecule has 0 aliphatic carbocycles. The zero-order valence-electron chi connectivity index (χ0n) is 18.5. The van der Waals surface area contributed by atoms with E-state index >= 15 is 0 Å². The highest BCUT2D eigenvalue weighted by atomic mass is 16.5. The van der Waals surface area contributed by atoms with Crippen LogP contribution in [0.1, 0.15) is 36.7 Å². The van der Waals surface area contributed by atoms with Gasteiger partial charge in [-0.05, 0) is 24.6 Å². The van der Waals surface area contributed by atoms with Crippen molar-refractivity contribution >= 4 is 34.3 Å². The average molecular weight is 435 g/mol. The summed E-state index contributed by atoms with van der Waals surface area (Å²) in [5.74, 6) is -0.250. The number of carbonyl (C=O) groups excluding carboxylic acids is 1. The molecule has 10 heteroatoms. The lowest BCUT2D eigenvalue weighted by molar-refractivity contribution is 0.0977. The molecule has 0 spiro atoms. The van der Waals surface area contributed by atoms with Gasteiger partial charge in [-0.3, -0.25) is 10.2 Å². The molecule has 10 nitrogen and oxygen atoms in total. The first kappa shape index (κ1) is 22.6. The molecule has 166 valence electrons. The van der Waals surface area contributed by atoms with E-state index in [1.54, 1.807) is 18.2 Å². The van der Waals surface area contributed by atoms with Crippen molar-refractivity contribution in [2.45, 2.75) is 27.7 Å². The van der Waals surface area contributed by atoms with Crippen LogP contribution in [-0.2, 0) is 0 Å². The van der Waals surface area contributed by atoms with E-state index in [9.17, 15) is 9.90 Å². The zero-order valence-corrected chi connectivity index (χ0v) is 18.5. The summed E-state index contributed by atoms with van der Waals surface area (Å²) in [4.78, 5) is 29.4. The topological polar surface area (TPSA) is 146 Å². The lowest BCUT2D eigenvalue weighted by Crippen LogP contribution is -2.29. The smallest absolute Gasteiger partial charge is 0.316 e. The van der Waals surface area contributed by atoms with E-state index in [1.165, 1.54) is 25.7 Å². The van der Waals surface area contributed by atoms with E-state index in [0.717, 1.165) is 5.56 Å². The Morgan fingerprint density at radius 1 is 1.22 bits per heavy atom. The lowest BCUT2D eigenvalue weighted by Gasteiger charge is -2.17. The molecule has 0 fully saturated rings. The largest absolute Gasteiger partial charge is 0.512 e. The number of nitrogens with zero attached hydrogens (tertiary/aromatic N) is 4. The van der Waals surface area contributed by atoms with Crippen molar-refractivity contribution in [1.29, 1.82) is 5.41 Å². The summed E-state index contributed by atoms with van der Waals surface area (Å²) in [6.07, 6.45) is 4.16. The van der Waals surface area contributed by atoms with Gasteiger partial charge in [-0.1, -0.05) is 26.8 Å². The Kier molecular flexibility index (Phi) is 6.33. The van der Waals surface area contributed by atoms with Gasteiger partial charge in [0.1, 0.15) is 29.0 Å². The monoisotopic (exact) mass is 435 g/mol. The van der Waals surface area contributed by atoms with Crippen LogP contribution in [0.5, 0.6) is 6.01 Å². The number of nitrogens with one attached hydrogen (secondary N) is 3. The zero-order chi connectivity index (χ0) is 23.5. The van der Waals surface area contributed by atoms with Gasteiger partial charge in [0.15, 0.2) is 5.82 Å². The van der Waals surface area contributed by atoms with Crippen molar-refractivity contribution in [2.75, 3.05) is 12.4 Å². The van der Waals surface area contributed by atoms with E-state index in [2.05, 4.69) is 30.6 Å². The SMILES string of the molecule is COc1ncc2ncnc(Nc3cc(C(=O)NC(=N)/C=C(\O)C(C)(C)C)ccc3C)c2n1. The van der Waals surface area contributed by atoms with Gasteiger partial charge in [-0.2, -0.15) is 4.98 Å². The Balaban J connectivity index is 1.86. The molecule has 0 atom stereocenters. The standard InChI is InChI=1S/C22H25N7O3/c1-12-6-7-13(20(31)28-17(23)9-16(30)22(2,3)4)8-14(12)27-19-18-15(25-11-26-19)10-24-21(29-18)32-5/h6-11,30H,1-5H3,(H2,23,28,31)(H,25,26,27)/b16-9-. The van der Waals surface area contributed by atoms with Crippen molar-refractivity contribution in [3.63, 3.8) is 0 Å². The van der Waals surface area contributed by atoms with Crippen LogP contribution in [0.15, 0.2) is 42.6 Å². The van der Waals surface area contributed by atoms with Crippen molar-refractivity contribution in [3.05, 3.63) is 53.7 Å². The molecule has 1 aromatic carbocycles. The van der Waals surface area contributed by atoms with Crippen LogP contribution < -0.4 is 15.4 Å². The number of aryl methyl sites for hydroxylation is 1. The molecule has 0 bridgehead atoms. The number of methoxy groups -OCH3 is 1. The summed E-state index contributed by atoms with van der Waals surface area (Å²) in [7, 11) is 1.47. The maximum atomic E-state index is 12.6. The van der Waals surface area contributed by atoms with Gasteiger partial charge < -0.3 is 20.5 Å². The van der Waals surface area contributed by atoms with E-state index < -0.39 is 11.3 Å². The Hall–Kier alpha value is -4.08. The third-order valence-corrected chi connectivity index (χ3v) is 4.59. The summed E-state index contributed by atoms with van der Waals surface area (Å²) in [5, 5.41) is 23.6. The van der Waals surface area contributed by atoms with Crippen LogP contribution in [0.3, 0.4) is 0 Å². The third-order valence-electron chi connectivity index (χ3n) is 4.59. The fraction of sp³-hybridized carbons (Fsp3) is 0.273. The number of amidine groups is 1. The number of aliphatic hydroxyl groups excluding tert-OH is 1.